The number of hydrogen-bond acceptors (Lipinski definition) is 3. The maximum Gasteiger partial charge on any atom is 0.321 e. The summed E-state index contributed by atoms with van der Waals surface area (Å²) in [7, 11) is 0. The predicted molar refractivity (Wildman–Crippen MR) is 65.5 cm³/mol. The second-order valence-electron chi connectivity index (χ2n) is 4.15. The van der Waals surface area contributed by atoms with Crippen LogP contribution in [0.25, 0.3) is 0 Å². The molecule has 2 rings (SSSR count). The molecule has 1 atom stereocenters. The zero-order valence-corrected chi connectivity index (χ0v) is 10.4. The van der Waals surface area contributed by atoms with Crippen LogP contribution in [0.5, 0.6) is 0 Å². The first-order chi connectivity index (χ1) is 8.58. The first-order valence-electron chi connectivity index (χ1n) is 5.56. The Morgan fingerprint density at radius 2 is 2.22 bits per heavy atom. The Morgan fingerprint density at radius 3 is 2.89 bits per heavy atom. The summed E-state index contributed by atoms with van der Waals surface area (Å²) in [6.07, 6.45) is 0. The molecule has 1 heterocycles. The van der Waals surface area contributed by atoms with Gasteiger partial charge in [0.2, 0.25) is 0 Å². The second-order valence-corrected chi connectivity index (χ2v) is 5.30. The van der Waals surface area contributed by atoms with Gasteiger partial charge in [0.1, 0.15) is 6.04 Å². The quantitative estimate of drug-likeness (QED) is 0.914. The van der Waals surface area contributed by atoms with Crippen molar-refractivity contribution in [3.8, 4) is 0 Å². The molecule has 1 saturated heterocycles. The summed E-state index contributed by atoms with van der Waals surface area (Å²) >= 11 is 1.59. The third-order valence-electron chi connectivity index (χ3n) is 2.89. The van der Waals surface area contributed by atoms with E-state index in [2.05, 4.69) is 0 Å². The molecule has 1 aromatic rings. The van der Waals surface area contributed by atoms with Crippen LogP contribution >= 0.6 is 11.8 Å². The number of hydrogen-bond donors (Lipinski definition) is 1. The van der Waals surface area contributed by atoms with Gasteiger partial charge in [-0.1, -0.05) is 6.07 Å². The zero-order valence-electron chi connectivity index (χ0n) is 9.60. The van der Waals surface area contributed by atoms with Crippen LogP contribution in [-0.2, 0) is 11.3 Å². The van der Waals surface area contributed by atoms with E-state index in [0.717, 1.165) is 17.9 Å². The van der Waals surface area contributed by atoms with E-state index in [9.17, 15) is 13.6 Å². The van der Waals surface area contributed by atoms with Crippen LogP contribution in [0.2, 0.25) is 0 Å². The van der Waals surface area contributed by atoms with Crippen LogP contribution in [0.4, 0.5) is 8.78 Å². The van der Waals surface area contributed by atoms with Gasteiger partial charge in [-0.2, -0.15) is 11.8 Å². The number of nitrogens with zero attached hydrogens (tertiary/aromatic N) is 1. The molecule has 0 spiro atoms. The third kappa shape index (κ3) is 3.00. The lowest BCUT2D eigenvalue weighted by molar-refractivity contribution is -0.142. The van der Waals surface area contributed by atoms with Gasteiger partial charge in [0.15, 0.2) is 11.6 Å². The minimum atomic E-state index is -0.897. The summed E-state index contributed by atoms with van der Waals surface area (Å²) in [5.74, 6) is -1.27. The van der Waals surface area contributed by atoms with Crippen molar-refractivity contribution in [2.45, 2.75) is 12.6 Å². The first kappa shape index (κ1) is 13.3. The molecule has 6 heteroatoms. The van der Waals surface area contributed by atoms with Crippen LogP contribution in [0.15, 0.2) is 18.2 Å². The van der Waals surface area contributed by atoms with Crippen LogP contribution < -0.4 is 0 Å². The standard InChI is InChI=1S/C12H13F2NO2S/c13-9-2-1-8(5-10(9)14)6-15-3-4-18-7-11(15)12(16)17/h1-2,5,11H,3-4,6-7H2,(H,16,17). The maximum absolute atomic E-state index is 13.1. The number of carboxylic acids is 1. The lowest BCUT2D eigenvalue weighted by atomic mass is 10.1. The normalized spacial score (nSPS) is 20.9. The van der Waals surface area contributed by atoms with Gasteiger partial charge < -0.3 is 5.11 Å². The highest BCUT2D eigenvalue weighted by molar-refractivity contribution is 7.99. The predicted octanol–water partition coefficient (Wildman–Crippen LogP) is 1.97. The number of carbonyl (C=O) groups is 1. The van der Waals surface area contributed by atoms with Crippen LogP contribution in [-0.4, -0.2) is 40.1 Å². The van der Waals surface area contributed by atoms with Crippen molar-refractivity contribution in [3.05, 3.63) is 35.4 Å². The largest absolute Gasteiger partial charge is 0.480 e. The molecule has 0 radical (unpaired) electrons. The highest BCUT2D eigenvalue weighted by Crippen LogP contribution is 2.20. The minimum Gasteiger partial charge on any atom is -0.480 e. The van der Waals surface area contributed by atoms with Gasteiger partial charge in [-0.3, -0.25) is 9.69 Å². The van der Waals surface area contributed by atoms with Crippen molar-refractivity contribution in [3.63, 3.8) is 0 Å². The van der Waals surface area contributed by atoms with Gasteiger partial charge in [0, 0.05) is 24.6 Å². The summed E-state index contributed by atoms with van der Waals surface area (Å²) < 4.78 is 25.9. The van der Waals surface area contributed by atoms with Crippen molar-refractivity contribution in [1.29, 1.82) is 0 Å². The average Bonchev–Trinajstić information content (AvgIpc) is 2.34. The van der Waals surface area contributed by atoms with Gasteiger partial charge in [-0.15, -0.1) is 0 Å². The lowest BCUT2D eigenvalue weighted by Crippen LogP contribution is -2.46. The highest BCUT2D eigenvalue weighted by atomic mass is 32.2. The summed E-state index contributed by atoms with van der Waals surface area (Å²) in [6.45, 7) is 0.968. The Hall–Kier alpha value is -1.14. The van der Waals surface area contributed by atoms with Crippen molar-refractivity contribution >= 4 is 17.7 Å². The van der Waals surface area contributed by atoms with Crippen LogP contribution in [0.3, 0.4) is 0 Å². The Bertz CT molecular complexity index is 456. The molecule has 0 bridgehead atoms. The molecular weight excluding hydrogens is 260 g/mol. The summed E-state index contributed by atoms with van der Waals surface area (Å²) in [5, 5.41) is 9.10. The van der Waals surface area contributed by atoms with Crippen molar-refractivity contribution in [2.75, 3.05) is 18.1 Å². The van der Waals surface area contributed by atoms with Gasteiger partial charge in [0.05, 0.1) is 0 Å². The van der Waals surface area contributed by atoms with Crippen LogP contribution in [0, 0.1) is 11.6 Å². The van der Waals surface area contributed by atoms with Gasteiger partial charge >= 0.3 is 5.97 Å². The van der Waals surface area contributed by atoms with E-state index < -0.39 is 23.6 Å². The average molecular weight is 273 g/mol. The molecule has 1 unspecified atom stereocenters. The number of aliphatic carboxylic acids is 1. The van der Waals surface area contributed by atoms with Gasteiger partial charge in [-0.05, 0) is 17.7 Å². The third-order valence-corrected chi connectivity index (χ3v) is 3.92. The SMILES string of the molecule is O=C(O)C1CSCCN1Cc1ccc(F)c(F)c1. The Balaban J connectivity index is 2.10. The van der Waals surface area contributed by atoms with Crippen molar-refractivity contribution in [2.24, 2.45) is 0 Å². The van der Waals surface area contributed by atoms with E-state index in [4.69, 9.17) is 5.11 Å². The molecule has 1 aliphatic rings. The number of thioether (sulfide) groups is 1. The molecule has 1 aromatic carbocycles. The summed E-state index contributed by atoms with van der Waals surface area (Å²) in [6, 6.07) is 3.12. The van der Waals surface area contributed by atoms with E-state index in [0.29, 0.717) is 24.4 Å². The minimum absolute atomic E-state index is 0.328. The molecule has 98 valence electrons. The molecule has 0 saturated carbocycles. The smallest absolute Gasteiger partial charge is 0.321 e. The Labute approximate surface area is 108 Å². The topological polar surface area (TPSA) is 40.5 Å². The molecule has 3 nitrogen and oxygen atoms in total. The van der Waals surface area contributed by atoms with E-state index in [-0.39, 0.29) is 0 Å². The van der Waals surface area contributed by atoms with Gasteiger partial charge in [-0.25, -0.2) is 8.78 Å². The highest BCUT2D eigenvalue weighted by Gasteiger charge is 2.28. The van der Waals surface area contributed by atoms with E-state index in [1.807, 2.05) is 0 Å². The van der Waals surface area contributed by atoms with Crippen LogP contribution in [0.1, 0.15) is 5.56 Å². The molecule has 0 aromatic heterocycles. The van der Waals surface area contributed by atoms with Gasteiger partial charge in [0.25, 0.3) is 0 Å². The Morgan fingerprint density at radius 1 is 1.44 bits per heavy atom. The molecule has 1 fully saturated rings. The summed E-state index contributed by atoms with van der Waals surface area (Å²) in [4.78, 5) is 12.9. The number of carboxylic acid groups (broad SMARTS) is 1. The number of halogens is 2. The Kier molecular flexibility index (Phi) is 4.19. The molecule has 1 N–H and O–H groups in total. The fourth-order valence-corrected chi connectivity index (χ4v) is 3.03. The molecular formula is C12H13F2NO2S. The van der Waals surface area contributed by atoms with E-state index in [1.54, 1.807) is 16.7 Å². The zero-order chi connectivity index (χ0) is 13.1. The molecule has 18 heavy (non-hydrogen) atoms. The first-order valence-corrected chi connectivity index (χ1v) is 6.72. The maximum atomic E-state index is 13.1. The number of benzene rings is 1. The van der Waals surface area contributed by atoms with Crippen molar-refractivity contribution < 1.29 is 18.7 Å². The van der Waals surface area contributed by atoms with E-state index in [1.165, 1.54) is 6.07 Å². The van der Waals surface area contributed by atoms with Crippen molar-refractivity contribution in [1.82, 2.24) is 4.90 Å². The molecule has 1 aliphatic heterocycles. The second kappa shape index (κ2) is 5.67. The lowest BCUT2D eigenvalue weighted by Gasteiger charge is -2.32. The summed E-state index contributed by atoms with van der Waals surface area (Å²) in [5.41, 5.74) is 0.590. The fraction of sp³-hybridized carbons (Fsp3) is 0.417. The molecule has 0 amide bonds. The number of rotatable bonds is 3. The van der Waals surface area contributed by atoms with E-state index >= 15 is 0 Å². The molecule has 0 aliphatic carbocycles. The monoisotopic (exact) mass is 273 g/mol. The fourth-order valence-electron chi connectivity index (χ4n) is 1.93.